The van der Waals surface area contributed by atoms with Gasteiger partial charge in [0.05, 0.1) is 30.4 Å². The normalized spacial score (nSPS) is 23.4. The van der Waals surface area contributed by atoms with Gasteiger partial charge in [-0.05, 0) is 61.1 Å². The minimum absolute atomic E-state index is 0.143. The lowest BCUT2D eigenvalue weighted by Gasteiger charge is -2.42. The Balaban J connectivity index is 1.43. The third-order valence-corrected chi connectivity index (χ3v) is 6.62. The first kappa shape index (κ1) is 19.8. The summed E-state index contributed by atoms with van der Waals surface area (Å²) in [4.78, 5) is 36.2. The number of methoxy groups -OCH3 is 1. The van der Waals surface area contributed by atoms with Crippen LogP contribution in [0.4, 0.5) is 10.5 Å². The first-order chi connectivity index (χ1) is 15.1. The molecule has 8 heteroatoms. The van der Waals surface area contributed by atoms with Crippen molar-refractivity contribution in [2.24, 2.45) is 5.92 Å². The molecule has 3 unspecified atom stereocenters. The molecule has 158 valence electrons. The van der Waals surface area contributed by atoms with Crippen molar-refractivity contribution >= 4 is 40.1 Å². The Hall–Kier alpha value is -3.19. The molecule has 1 saturated carbocycles. The second-order valence-electron chi connectivity index (χ2n) is 7.97. The second-order valence-corrected chi connectivity index (χ2v) is 8.37. The highest BCUT2D eigenvalue weighted by Gasteiger charge is 2.45. The fourth-order valence-corrected chi connectivity index (χ4v) is 5.01. The highest BCUT2D eigenvalue weighted by molar-refractivity contribution is 6.31. The van der Waals surface area contributed by atoms with E-state index < -0.39 is 6.03 Å². The number of pyridine rings is 2. The summed E-state index contributed by atoms with van der Waals surface area (Å²) >= 11 is 6.45. The second kappa shape index (κ2) is 7.81. The number of carbonyl (C=O) groups excluding carboxylic acids is 2. The largest absolute Gasteiger partial charge is 0.497 e. The molecule has 2 aliphatic rings. The average Bonchev–Trinajstić information content (AvgIpc) is 2.79. The van der Waals surface area contributed by atoms with E-state index in [1.54, 1.807) is 25.6 Å². The molecule has 2 fully saturated rings. The number of urea groups is 1. The number of aromatic nitrogens is 2. The molecule has 1 aromatic carbocycles. The van der Waals surface area contributed by atoms with Crippen LogP contribution in [-0.2, 0) is 4.79 Å². The molecule has 0 bridgehead atoms. The molecule has 5 rings (SSSR count). The fraction of sp³-hybridized carbons (Fsp3) is 0.304. The van der Waals surface area contributed by atoms with Gasteiger partial charge in [-0.3, -0.25) is 14.8 Å². The first-order valence-corrected chi connectivity index (χ1v) is 10.6. The van der Waals surface area contributed by atoms with Gasteiger partial charge in [0.1, 0.15) is 5.75 Å². The molecule has 1 aliphatic heterocycles. The van der Waals surface area contributed by atoms with Gasteiger partial charge in [-0.1, -0.05) is 11.6 Å². The minimum atomic E-state index is -0.441. The minimum Gasteiger partial charge on any atom is -0.497 e. The number of amides is 3. The number of halogens is 1. The maximum absolute atomic E-state index is 13.4. The monoisotopic (exact) mass is 436 g/mol. The van der Waals surface area contributed by atoms with Crippen LogP contribution in [0.15, 0.2) is 48.9 Å². The number of benzene rings is 1. The number of fused-ring (bicyclic) bond motifs is 2. The molecule has 1 saturated heterocycles. The Morgan fingerprint density at radius 3 is 2.90 bits per heavy atom. The molecule has 2 aromatic heterocycles. The number of carbonyl (C=O) groups is 2. The summed E-state index contributed by atoms with van der Waals surface area (Å²) in [6.45, 7) is 0. The van der Waals surface area contributed by atoms with E-state index >= 15 is 0 Å². The molecule has 0 spiro atoms. The number of nitrogens with one attached hydrogen (secondary N) is 1. The van der Waals surface area contributed by atoms with Crippen LogP contribution in [0, 0.1) is 5.92 Å². The SMILES string of the molecule is COc1ccc(Cl)c(C2CCC3C(=O)N(c4cncc5cccnc45)C(=O)NC3C2)c1. The standard InChI is InChI=1S/C23H21ClN4O3/c1-31-15-5-7-18(24)17(10-15)13-4-6-16-19(9-13)27-23(30)28(22(16)29)20-12-25-11-14-3-2-8-26-21(14)20/h2-3,5,7-8,10-13,16,19H,4,6,9H2,1H3,(H,27,30). The predicted octanol–water partition coefficient (Wildman–Crippen LogP) is 4.30. The topological polar surface area (TPSA) is 84.4 Å². The zero-order valence-corrected chi connectivity index (χ0v) is 17.7. The maximum Gasteiger partial charge on any atom is 0.329 e. The number of hydrogen-bond donors (Lipinski definition) is 1. The van der Waals surface area contributed by atoms with Crippen molar-refractivity contribution in [3.8, 4) is 5.75 Å². The van der Waals surface area contributed by atoms with Gasteiger partial charge < -0.3 is 10.1 Å². The summed E-state index contributed by atoms with van der Waals surface area (Å²) in [5, 5.41) is 4.50. The van der Waals surface area contributed by atoms with E-state index in [0.717, 1.165) is 23.1 Å². The highest BCUT2D eigenvalue weighted by atomic mass is 35.5. The number of ether oxygens (including phenoxy) is 1. The van der Waals surface area contributed by atoms with Crippen LogP contribution in [0.25, 0.3) is 10.9 Å². The Labute approximate surface area is 184 Å². The smallest absolute Gasteiger partial charge is 0.329 e. The van der Waals surface area contributed by atoms with Crippen molar-refractivity contribution < 1.29 is 14.3 Å². The summed E-state index contributed by atoms with van der Waals surface area (Å²) in [5.74, 6) is 0.387. The van der Waals surface area contributed by atoms with Crippen LogP contribution >= 0.6 is 11.6 Å². The molecule has 1 N–H and O–H groups in total. The molecular formula is C23H21ClN4O3. The van der Waals surface area contributed by atoms with Crippen molar-refractivity contribution in [3.05, 3.63) is 59.5 Å². The summed E-state index contributed by atoms with van der Waals surface area (Å²) in [7, 11) is 1.62. The lowest BCUT2D eigenvalue weighted by Crippen LogP contribution is -2.61. The highest BCUT2D eigenvalue weighted by Crippen LogP contribution is 2.42. The van der Waals surface area contributed by atoms with Crippen molar-refractivity contribution in [3.63, 3.8) is 0 Å². The van der Waals surface area contributed by atoms with E-state index in [4.69, 9.17) is 16.3 Å². The summed E-state index contributed by atoms with van der Waals surface area (Å²) in [6.07, 6.45) is 6.94. The molecule has 0 radical (unpaired) electrons. The van der Waals surface area contributed by atoms with E-state index in [1.165, 1.54) is 11.1 Å². The van der Waals surface area contributed by atoms with Gasteiger partial charge >= 0.3 is 6.03 Å². The van der Waals surface area contributed by atoms with Gasteiger partial charge in [-0.25, -0.2) is 9.69 Å². The van der Waals surface area contributed by atoms with Crippen LogP contribution in [0.3, 0.4) is 0 Å². The zero-order valence-electron chi connectivity index (χ0n) is 16.9. The van der Waals surface area contributed by atoms with Crippen molar-refractivity contribution in [1.82, 2.24) is 15.3 Å². The third kappa shape index (κ3) is 3.39. The van der Waals surface area contributed by atoms with Crippen molar-refractivity contribution in [2.75, 3.05) is 12.0 Å². The quantitative estimate of drug-likeness (QED) is 0.661. The van der Waals surface area contributed by atoms with Crippen LogP contribution in [0.1, 0.15) is 30.7 Å². The van der Waals surface area contributed by atoms with E-state index in [0.29, 0.717) is 29.1 Å². The summed E-state index contributed by atoms with van der Waals surface area (Å²) < 4.78 is 5.34. The Kier molecular flexibility index (Phi) is 4.98. The molecule has 3 amide bonds. The summed E-state index contributed by atoms with van der Waals surface area (Å²) in [6, 6.07) is 8.57. The Morgan fingerprint density at radius 2 is 2.06 bits per heavy atom. The Bertz CT molecular complexity index is 1180. The number of hydrogen-bond acceptors (Lipinski definition) is 5. The van der Waals surface area contributed by atoms with E-state index in [9.17, 15) is 9.59 Å². The van der Waals surface area contributed by atoms with Crippen LogP contribution in [0.5, 0.6) is 5.75 Å². The zero-order chi connectivity index (χ0) is 21.5. The van der Waals surface area contributed by atoms with Gasteiger partial charge in [0.15, 0.2) is 0 Å². The van der Waals surface area contributed by atoms with E-state index in [-0.39, 0.29) is 23.8 Å². The van der Waals surface area contributed by atoms with Crippen molar-refractivity contribution in [1.29, 1.82) is 0 Å². The average molecular weight is 437 g/mol. The first-order valence-electron chi connectivity index (χ1n) is 10.2. The number of nitrogens with zero attached hydrogens (tertiary/aromatic N) is 3. The van der Waals surface area contributed by atoms with Crippen LogP contribution in [0.2, 0.25) is 5.02 Å². The van der Waals surface area contributed by atoms with E-state index in [2.05, 4.69) is 15.3 Å². The molecule has 31 heavy (non-hydrogen) atoms. The molecule has 3 aromatic rings. The Morgan fingerprint density at radius 1 is 1.19 bits per heavy atom. The van der Waals surface area contributed by atoms with Crippen molar-refractivity contribution in [2.45, 2.75) is 31.2 Å². The van der Waals surface area contributed by atoms with Gasteiger partial charge in [0, 0.05) is 28.8 Å². The number of imide groups is 1. The van der Waals surface area contributed by atoms with Crippen LogP contribution in [-0.4, -0.2) is 35.1 Å². The lowest BCUT2D eigenvalue weighted by atomic mass is 9.74. The lowest BCUT2D eigenvalue weighted by molar-refractivity contribution is -0.124. The maximum atomic E-state index is 13.4. The molecule has 7 nitrogen and oxygen atoms in total. The number of anilines is 1. The fourth-order valence-electron chi connectivity index (χ4n) is 4.74. The van der Waals surface area contributed by atoms with Crippen LogP contribution < -0.4 is 15.0 Å². The van der Waals surface area contributed by atoms with E-state index in [1.807, 2.05) is 24.3 Å². The van der Waals surface area contributed by atoms with Gasteiger partial charge in [-0.15, -0.1) is 0 Å². The molecular weight excluding hydrogens is 416 g/mol. The van der Waals surface area contributed by atoms with Gasteiger partial charge in [0.25, 0.3) is 0 Å². The molecule has 3 heterocycles. The molecule has 3 atom stereocenters. The predicted molar refractivity (Wildman–Crippen MR) is 117 cm³/mol. The third-order valence-electron chi connectivity index (χ3n) is 6.28. The van der Waals surface area contributed by atoms with Gasteiger partial charge in [0.2, 0.25) is 5.91 Å². The van der Waals surface area contributed by atoms with Gasteiger partial charge in [-0.2, -0.15) is 0 Å². The molecule has 1 aliphatic carbocycles. The number of rotatable bonds is 3. The summed E-state index contributed by atoms with van der Waals surface area (Å²) in [5.41, 5.74) is 1.99.